The molecule has 1 aliphatic rings. The molecule has 1 N–H and O–H groups in total. The van der Waals surface area contributed by atoms with Crippen LogP contribution in [-0.4, -0.2) is 36.7 Å². The van der Waals surface area contributed by atoms with Gasteiger partial charge in [-0.05, 0) is 37.1 Å². The molecular weight excluding hydrogens is 380 g/mol. The zero-order valence-corrected chi connectivity index (χ0v) is 17.7. The van der Waals surface area contributed by atoms with Crippen molar-refractivity contribution in [1.29, 1.82) is 5.26 Å². The average Bonchev–Trinajstić information content (AvgIpc) is 3.20. The fourth-order valence-corrected chi connectivity index (χ4v) is 3.52. The number of hydrogen-bond donors (Lipinski definition) is 1. The summed E-state index contributed by atoms with van der Waals surface area (Å²) < 4.78 is 11.7. The first kappa shape index (κ1) is 21.4. The van der Waals surface area contributed by atoms with Gasteiger partial charge in [-0.1, -0.05) is 19.1 Å². The third-order valence-electron chi connectivity index (χ3n) is 5.00. The first-order valence-electron chi connectivity index (χ1n) is 10.3. The standard InChI is InChI=1S/C23H28N4O3/c1-4-13-29-23-10-9-22(21(14-24)26-23)27-12-11-20(15-27)30-19-7-5-18(6-8-19)16(2)25-17(3)28/h5-10,16,20H,4,11-13,15H2,1-3H3,(H,25,28)/t16-,20+/m0/s1. The van der Waals surface area contributed by atoms with Crippen molar-refractivity contribution in [1.82, 2.24) is 10.3 Å². The van der Waals surface area contributed by atoms with E-state index < -0.39 is 0 Å². The smallest absolute Gasteiger partial charge is 0.217 e. The molecule has 2 aromatic rings. The topological polar surface area (TPSA) is 87.5 Å². The zero-order valence-electron chi connectivity index (χ0n) is 17.7. The molecule has 2 atom stereocenters. The van der Waals surface area contributed by atoms with Crippen molar-refractivity contribution < 1.29 is 14.3 Å². The van der Waals surface area contributed by atoms with E-state index in [2.05, 4.69) is 21.3 Å². The van der Waals surface area contributed by atoms with Gasteiger partial charge in [0.2, 0.25) is 11.8 Å². The summed E-state index contributed by atoms with van der Waals surface area (Å²) in [4.78, 5) is 17.7. The fraction of sp³-hybridized carbons (Fsp3) is 0.435. The van der Waals surface area contributed by atoms with Gasteiger partial charge in [-0.15, -0.1) is 0 Å². The van der Waals surface area contributed by atoms with Crippen molar-refractivity contribution in [2.75, 3.05) is 24.6 Å². The predicted octanol–water partition coefficient (Wildman–Crippen LogP) is 3.60. The summed E-state index contributed by atoms with van der Waals surface area (Å²) in [5, 5.41) is 12.4. The van der Waals surface area contributed by atoms with E-state index in [1.165, 1.54) is 6.92 Å². The maximum absolute atomic E-state index is 11.2. The molecule has 30 heavy (non-hydrogen) atoms. The summed E-state index contributed by atoms with van der Waals surface area (Å²) in [5.41, 5.74) is 2.22. The van der Waals surface area contributed by atoms with Crippen LogP contribution in [0.2, 0.25) is 0 Å². The molecule has 0 spiro atoms. The molecule has 1 aromatic heterocycles. The normalized spacial score (nSPS) is 16.6. The summed E-state index contributed by atoms with van der Waals surface area (Å²) in [5.74, 6) is 1.23. The quantitative estimate of drug-likeness (QED) is 0.718. The van der Waals surface area contributed by atoms with Crippen LogP contribution in [0.3, 0.4) is 0 Å². The number of rotatable bonds is 8. The predicted molar refractivity (Wildman–Crippen MR) is 115 cm³/mol. The van der Waals surface area contributed by atoms with E-state index in [1.807, 2.05) is 50.2 Å². The monoisotopic (exact) mass is 408 g/mol. The first-order valence-corrected chi connectivity index (χ1v) is 10.3. The molecule has 2 heterocycles. The molecule has 0 bridgehead atoms. The second-order valence-corrected chi connectivity index (χ2v) is 7.44. The molecule has 0 saturated carbocycles. The second kappa shape index (κ2) is 9.97. The van der Waals surface area contributed by atoms with Gasteiger partial charge in [0.05, 0.1) is 24.9 Å². The Morgan fingerprint density at radius 2 is 2.10 bits per heavy atom. The van der Waals surface area contributed by atoms with Gasteiger partial charge in [0.1, 0.15) is 17.9 Å². The van der Waals surface area contributed by atoms with Crippen molar-refractivity contribution in [3.05, 3.63) is 47.7 Å². The highest BCUT2D eigenvalue weighted by Gasteiger charge is 2.26. The third kappa shape index (κ3) is 5.41. The third-order valence-corrected chi connectivity index (χ3v) is 5.00. The Kier molecular flexibility index (Phi) is 7.12. The summed E-state index contributed by atoms with van der Waals surface area (Å²) in [6.07, 6.45) is 1.79. The van der Waals surface area contributed by atoms with Crippen LogP contribution in [0, 0.1) is 11.3 Å². The van der Waals surface area contributed by atoms with Gasteiger partial charge in [0, 0.05) is 26.0 Å². The van der Waals surface area contributed by atoms with Crippen LogP contribution >= 0.6 is 0 Å². The Balaban J connectivity index is 1.60. The highest BCUT2D eigenvalue weighted by atomic mass is 16.5. The van der Waals surface area contributed by atoms with E-state index in [0.29, 0.717) is 24.7 Å². The molecule has 3 rings (SSSR count). The number of anilines is 1. The Morgan fingerprint density at radius 3 is 2.77 bits per heavy atom. The average molecular weight is 409 g/mol. The molecule has 1 aliphatic heterocycles. The lowest BCUT2D eigenvalue weighted by Gasteiger charge is -2.20. The number of hydrogen-bond acceptors (Lipinski definition) is 6. The van der Waals surface area contributed by atoms with Crippen molar-refractivity contribution >= 4 is 11.6 Å². The number of nitrogens with one attached hydrogen (secondary N) is 1. The fourth-order valence-electron chi connectivity index (χ4n) is 3.52. The maximum atomic E-state index is 11.2. The Bertz CT molecular complexity index is 908. The highest BCUT2D eigenvalue weighted by molar-refractivity contribution is 5.73. The Morgan fingerprint density at radius 1 is 1.33 bits per heavy atom. The van der Waals surface area contributed by atoms with Crippen LogP contribution in [0.15, 0.2) is 36.4 Å². The van der Waals surface area contributed by atoms with Gasteiger partial charge in [0.15, 0.2) is 5.69 Å². The van der Waals surface area contributed by atoms with Crippen molar-refractivity contribution in [2.24, 2.45) is 0 Å². The number of pyridine rings is 1. The summed E-state index contributed by atoms with van der Waals surface area (Å²) in [7, 11) is 0. The van der Waals surface area contributed by atoms with Gasteiger partial charge in [-0.25, -0.2) is 4.98 Å². The van der Waals surface area contributed by atoms with Crippen LogP contribution < -0.4 is 19.7 Å². The molecular formula is C23H28N4O3. The molecule has 1 fully saturated rings. The molecule has 7 nitrogen and oxygen atoms in total. The van der Waals surface area contributed by atoms with Gasteiger partial charge in [-0.2, -0.15) is 5.26 Å². The number of nitrogens with zero attached hydrogens (tertiary/aromatic N) is 3. The van der Waals surface area contributed by atoms with E-state index in [9.17, 15) is 10.1 Å². The minimum Gasteiger partial charge on any atom is -0.489 e. The first-order chi connectivity index (χ1) is 14.5. The van der Waals surface area contributed by atoms with Gasteiger partial charge < -0.3 is 19.7 Å². The van der Waals surface area contributed by atoms with Gasteiger partial charge in [0.25, 0.3) is 0 Å². The summed E-state index contributed by atoms with van der Waals surface area (Å²) in [6, 6.07) is 13.6. The van der Waals surface area contributed by atoms with E-state index in [1.54, 1.807) is 0 Å². The molecule has 0 aliphatic carbocycles. The SMILES string of the molecule is CCCOc1ccc(N2CC[C@@H](Oc3ccc([C@H](C)NC(C)=O)cc3)C2)c(C#N)n1. The van der Waals surface area contributed by atoms with E-state index >= 15 is 0 Å². The van der Waals surface area contributed by atoms with Crippen molar-refractivity contribution in [3.8, 4) is 17.7 Å². The number of carbonyl (C=O) groups is 1. The summed E-state index contributed by atoms with van der Waals surface area (Å²) >= 11 is 0. The van der Waals surface area contributed by atoms with E-state index in [-0.39, 0.29) is 18.1 Å². The van der Waals surface area contributed by atoms with Crippen molar-refractivity contribution in [3.63, 3.8) is 0 Å². The zero-order chi connectivity index (χ0) is 21.5. The van der Waals surface area contributed by atoms with Crippen LogP contribution in [0.5, 0.6) is 11.6 Å². The minimum absolute atomic E-state index is 0.0335. The molecule has 7 heteroatoms. The Labute approximate surface area is 177 Å². The maximum Gasteiger partial charge on any atom is 0.217 e. The molecule has 1 aromatic carbocycles. The van der Waals surface area contributed by atoms with Crippen LogP contribution in [0.25, 0.3) is 0 Å². The molecule has 1 saturated heterocycles. The molecule has 158 valence electrons. The van der Waals surface area contributed by atoms with Crippen LogP contribution in [-0.2, 0) is 4.79 Å². The second-order valence-electron chi connectivity index (χ2n) is 7.44. The van der Waals surface area contributed by atoms with E-state index in [4.69, 9.17) is 9.47 Å². The van der Waals surface area contributed by atoms with Gasteiger partial charge in [-0.3, -0.25) is 4.79 Å². The van der Waals surface area contributed by atoms with Gasteiger partial charge >= 0.3 is 0 Å². The van der Waals surface area contributed by atoms with E-state index in [0.717, 1.165) is 36.4 Å². The number of benzene rings is 1. The number of ether oxygens (including phenoxy) is 2. The number of amides is 1. The Hall–Kier alpha value is -3.27. The molecule has 0 unspecified atom stereocenters. The lowest BCUT2D eigenvalue weighted by Crippen LogP contribution is -2.25. The number of nitriles is 1. The lowest BCUT2D eigenvalue weighted by molar-refractivity contribution is -0.119. The molecule has 1 amide bonds. The lowest BCUT2D eigenvalue weighted by atomic mass is 10.1. The minimum atomic E-state index is -0.0509. The van der Waals surface area contributed by atoms with Crippen molar-refractivity contribution in [2.45, 2.75) is 45.8 Å². The number of carbonyl (C=O) groups excluding carboxylic acids is 1. The number of aromatic nitrogens is 1. The summed E-state index contributed by atoms with van der Waals surface area (Å²) in [6.45, 7) is 7.56. The van der Waals surface area contributed by atoms with Crippen LogP contribution in [0.1, 0.15) is 50.9 Å². The largest absolute Gasteiger partial charge is 0.489 e. The van der Waals surface area contributed by atoms with Crippen LogP contribution in [0.4, 0.5) is 5.69 Å². The molecule has 0 radical (unpaired) electrons. The highest BCUT2D eigenvalue weighted by Crippen LogP contribution is 2.28.